The van der Waals surface area contributed by atoms with Crippen LogP contribution < -0.4 is 0 Å². The van der Waals surface area contributed by atoms with Crippen molar-refractivity contribution in [2.24, 2.45) is 0 Å². The van der Waals surface area contributed by atoms with Crippen LogP contribution >= 0.6 is 15.9 Å². The van der Waals surface area contributed by atoms with Gasteiger partial charge < -0.3 is 9.80 Å². The van der Waals surface area contributed by atoms with Crippen molar-refractivity contribution < 1.29 is 4.79 Å². The average molecular weight is 263 g/mol. The minimum atomic E-state index is 0.215. The monoisotopic (exact) mass is 262 g/mol. The molecule has 1 rings (SSSR count). The van der Waals surface area contributed by atoms with Gasteiger partial charge in [-0.25, -0.2) is 0 Å². The van der Waals surface area contributed by atoms with Gasteiger partial charge in [0.25, 0.3) is 0 Å². The molecule has 0 unspecified atom stereocenters. The highest BCUT2D eigenvalue weighted by Crippen LogP contribution is 2.04. The van der Waals surface area contributed by atoms with Crippen LogP contribution in [0.2, 0.25) is 0 Å². The van der Waals surface area contributed by atoms with Crippen LogP contribution in [0.1, 0.15) is 19.8 Å². The van der Waals surface area contributed by atoms with Gasteiger partial charge in [-0.05, 0) is 25.9 Å². The largest absolute Gasteiger partial charge is 0.342 e. The topological polar surface area (TPSA) is 23.6 Å². The van der Waals surface area contributed by atoms with E-state index in [-0.39, 0.29) is 5.91 Å². The summed E-state index contributed by atoms with van der Waals surface area (Å²) in [5.41, 5.74) is 0. The summed E-state index contributed by atoms with van der Waals surface area (Å²) < 4.78 is 0. The molecular formula is C10H19BrN2O. The molecule has 1 aliphatic heterocycles. The Kier molecular flexibility index (Phi) is 5.48. The lowest BCUT2D eigenvalue weighted by molar-refractivity contribution is -0.128. The van der Waals surface area contributed by atoms with Gasteiger partial charge >= 0.3 is 0 Å². The number of rotatable bonds is 3. The van der Waals surface area contributed by atoms with Crippen LogP contribution in [-0.4, -0.2) is 53.8 Å². The molecule has 0 radical (unpaired) electrons. The van der Waals surface area contributed by atoms with Crippen molar-refractivity contribution in [1.82, 2.24) is 9.80 Å². The molecule has 0 N–H and O–H groups in total. The number of nitrogens with zero attached hydrogens (tertiary/aromatic N) is 2. The molecule has 4 heteroatoms. The molecule has 0 aromatic heterocycles. The summed E-state index contributed by atoms with van der Waals surface area (Å²) >= 11 is 3.44. The summed E-state index contributed by atoms with van der Waals surface area (Å²) in [6, 6.07) is 0. The third-order valence-electron chi connectivity index (χ3n) is 2.64. The van der Waals surface area contributed by atoms with Gasteiger partial charge in [0.2, 0.25) is 5.91 Å². The molecule has 82 valence electrons. The van der Waals surface area contributed by atoms with Crippen molar-refractivity contribution in [2.75, 3.05) is 38.1 Å². The minimum Gasteiger partial charge on any atom is -0.342 e. The number of amides is 1. The molecule has 0 aromatic rings. The predicted molar refractivity (Wildman–Crippen MR) is 61.7 cm³/mol. The molecule has 0 atom stereocenters. The van der Waals surface area contributed by atoms with Crippen molar-refractivity contribution in [3.8, 4) is 0 Å². The van der Waals surface area contributed by atoms with Crippen molar-refractivity contribution in [3.63, 3.8) is 0 Å². The first-order chi connectivity index (χ1) is 6.74. The fourth-order valence-corrected chi connectivity index (χ4v) is 2.04. The van der Waals surface area contributed by atoms with Crippen molar-refractivity contribution >= 4 is 21.8 Å². The number of alkyl halides is 1. The van der Waals surface area contributed by atoms with Crippen LogP contribution in [-0.2, 0) is 4.79 Å². The second kappa shape index (κ2) is 6.40. The second-order valence-corrected chi connectivity index (χ2v) is 4.54. The Bertz CT molecular complexity index is 187. The van der Waals surface area contributed by atoms with Crippen LogP contribution in [0.25, 0.3) is 0 Å². The zero-order chi connectivity index (χ0) is 10.4. The lowest BCUT2D eigenvalue weighted by atomic mass is 10.3. The Morgan fingerprint density at radius 2 is 2.07 bits per heavy atom. The molecule has 3 nitrogen and oxygen atoms in total. The molecule has 1 heterocycles. The van der Waals surface area contributed by atoms with Gasteiger partial charge in [-0.3, -0.25) is 4.79 Å². The van der Waals surface area contributed by atoms with E-state index in [4.69, 9.17) is 0 Å². The summed E-state index contributed by atoms with van der Waals surface area (Å²) in [6.07, 6.45) is 2.31. The van der Waals surface area contributed by atoms with Gasteiger partial charge in [0.05, 0.1) is 0 Å². The standard InChI is InChI=1S/C10H19BrN2O/c1-10(14)13-7-3-6-12(8-9-13)5-2-4-11/h2-9H2,1H3. The maximum absolute atomic E-state index is 11.2. The van der Waals surface area contributed by atoms with Gasteiger partial charge in [-0.15, -0.1) is 0 Å². The van der Waals surface area contributed by atoms with E-state index in [1.807, 2.05) is 4.90 Å². The van der Waals surface area contributed by atoms with E-state index < -0.39 is 0 Å². The van der Waals surface area contributed by atoms with Crippen molar-refractivity contribution in [2.45, 2.75) is 19.8 Å². The molecule has 0 aliphatic carbocycles. The van der Waals surface area contributed by atoms with Crippen LogP contribution in [0, 0.1) is 0 Å². The van der Waals surface area contributed by atoms with E-state index in [0.717, 1.165) is 44.5 Å². The highest BCUT2D eigenvalue weighted by atomic mass is 79.9. The van der Waals surface area contributed by atoms with E-state index in [0.29, 0.717) is 0 Å². The first-order valence-corrected chi connectivity index (χ1v) is 6.40. The Morgan fingerprint density at radius 3 is 2.71 bits per heavy atom. The molecule has 1 amide bonds. The molecular weight excluding hydrogens is 244 g/mol. The van der Waals surface area contributed by atoms with E-state index in [1.54, 1.807) is 6.92 Å². The van der Waals surface area contributed by atoms with Gasteiger partial charge in [-0.1, -0.05) is 15.9 Å². The minimum absolute atomic E-state index is 0.215. The first-order valence-electron chi connectivity index (χ1n) is 5.28. The van der Waals surface area contributed by atoms with Crippen molar-refractivity contribution in [1.29, 1.82) is 0 Å². The van der Waals surface area contributed by atoms with Gasteiger partial charge in [0.15, 0.2) is 0 Å². The number of carbonyl (C=O) groups excluding carboxylic acids is 1. The number of hydrogen-bond acceptors (Lipinski definition) is 2. The molecule has 1 saturated heterocycles. The van der Waals surface area contributed by atoms with E-state index in [1.165, 1.54) is 6.42 Å². The molecule has 1 aliphatic rings. The Hall–Kier alpha value is -0.0900. The van der Waals surface area contributed by atoms with Crippen LogP contribution in [0.5, 0.6) is 0 Å². The van der Waals surface area contributed by atoms with E-state index in [9.17, 15) is 4.79 Å². The zero-order valence-electron chi connectivity index (χ0n) is 8.84. The molecule has 1 fully saturated rings. The summed E-state index contributed by atoms with van der Waals surface area (Å²) in [5.74, 6) is 0.215. The third kappa shape index (κ3) is 3.96. The van der Waals surface area contributed by atoms with Crippen LogP contribution in [0.15, 0.2) is 0 Å². The van der Waals surface area contributed by atoms with Gasteiger partial charge in [0, 0.05) is 31.9 Å². The first kappa shape index (κ1) is 12.0. The molecule has 14 heavy (non-hydrogen) atoms. The average Bonchev–Trinajstić information content (AvgIpc) is 2.39. The molecule has 0 aromatic carbocycles. The number of carbonyl (C=O) groups is 1. The van der Waals surface area contributed by atoms with E-state index in [2.05, 4.69) is 20.8 Å². The molecule has 0 spiro atoms. The summed E-state index contributed by atoms with van der Waals surface area (Å²) in [7, 11) is 0. The zero-order valence-corrected chi connectivity index (χ0v) is 10.4. The third-order valence-corrected chi connectivity index (χ3v) is 3.20. The highest BCUT2D eigenvalue weighted by molar-refractivity contribution is 9.09. The highest BCUT2D eigenvalue weighted by Gasteiger charge is 2.15. The fraction of sp³-hybridized carbons (Fsp3) is 0.900. The molecule has 0 bridgehead atoms. The van der Waals surface area contributed by atoms with Gasteiger partial charge in [0.1, 0.15) is 0 Å². The Labute approximate surface area is 94.6 Å². The maximum atomic E-state index is 11.2. The number of hydrogen-bond donors (Lipinski definition) is 0. The molecule has 0 saturated carbocycles. The summed E-state index contributed by atoms with van der Waals surface area (Å²) in [5, 5.41) is 1.07. The Balaban J connectivity index is 2.29. The second-order valence-electron chi connectivity index (χ2n) is 3.74. The van der Waals surface area contributed by atoms with Crippen molar-refractivity contribution in [3.05, 3.63) is 0 Å². The van der Waals surface area contributed by atoms with E-state index >= 15 is 0 Å². The van der Waals surface area contributed by atoms with Crippen LogP contribution in [0.4, 0.5) is 0 Å². The van der Waals surface area contributed by atoms with Crippen LogP contribution in [0.3, 0.4) is 0 Å². The van der Waals surface area contributed by atoms with Gasteiger partial charge in [-0.2, -0.15) is 0 Å². The fourth-order valence-electron chi connectivity index (χ4n) is 1.79. The normalized spacial score (nSPS) is 19.4. The summed E-state index contributed by atoms with van der Waals surface area (Å²) in [6.45, 7) is 6.81. The smallest absolute Gasteiger partial charge is 0.219 e. The quantitative estimate of drug-likeness (QED) is 0.717. The lowest BCUT2D eigenvalue weighted by Gasteiger charge is -2.20. The number of halogens is 1. The SMILES string of the molecule is CC(=O)N1CCCN(CCCBr)CC1. The summed E-state index contributed by atoms with van der Waals surface area (Å²) in [4.78, 5) is 15.6. The lowest BCUT2D eigenvalue weighted by Crippen LogP contribution is -2.34. The Morgan fingerprint density at radius 1 is 1.29 bits per heavy atom. The predicted octanol–water partition coefficient (Wildman–Crippen LogP) is 1.33. The maximum Gasteiger partial charge on any atom is 0.219 e.